The molecule has 0 bridgehead atoms. The van der Waals surface area contributed by atoms with Crippen LogP contribution < -0.4 is 0 Å². The van der Waals surface area contributed by atoms with Crippen molar-refractivity contribution in [3.8, 4) is 0 Å². The smallest absolute Gasteiger partial charge is 0.254 e. The fourth-order valence-corrected chi connectivity index (χ4v) is 3.66. The highest BCUT2D eigenvalue weighted by Gasteiger charge is 2.33. The molecule has 124 valence electrons. The summed E-state index contributed by atoms with van der Waals surface area (Å²) in [5, 5.41) is 0. The SMILES string of the molecule is Cc1cn(C)c([C@H]2CCCN2C(=O)c2ccc3nc(C)[nH]c3c2)n1. The summed E-state index contributed by atoms with van der Waals surface area (Å²) in [5.74, 6) is 1.89. The first-order valence-corrected chi connectivity index (χ1v) is 8.30. The van der Waals surface area contributed by atoms with E-state index >= 15 is 0 Å². The highest BCUT2D eigenvalue weighted by atomic mass is 16.2. The van der Waals surface area contributed by atoms with Crippen LogP contribution >= 0.6 is 0 Å². The Balaban J connectivity index is 1.67. The lowest BCUT2D eigenvalue weighted by Crippen LogP contribution is -2.31. The van der Waals surface area contributed by atoms with E-state index in [9.17, 15) is 4.79 Å². The minimum Gasteiger partial charge on any atom is -0.342 e. The van der Waals surface area contributed by atoms with Crippen molar-refractivity contribution < 1.29 is 4.79 Å². The Kier molecular flexibility index (Phi) is 3.40. The van der Waals surface area contributed by atoms with Gasteiger partial charge in [0.15, 0.2) is 0 Å². The molecule has 0 aliphatic carbocycles. The van der Waals surface area contributed by atoms with E-state index in [1.807, 2.05) is 54.8 Å². The highest BCUT2D eigenvalue weighted by Crippen LogP contribution is 2.32. The van der Waals surface area contributed by atoms with Crippen LogP contribution in [0.25, 0.3) is 11.0 Å². The zero-order chi connectivity index (χ0) is 16.8. The zero-order valence-corrected chi connectivity index (χ0v) is 14.2. The number of likely N-dealkylation sites (tertiary alicyclic amines) is 1. The first-order valence-electron chi connectivity index (χ1n) is 8.30. The molecule has 0 radical (unpaired) electrons. The maximum atomic E-state index is 13.1. The zero-order valence-electron chi connectivity index (χ0n) is 14.2. The summed E-state index contributed by atoms with van der Waals surface area (Å²) in [6.45, 7) is 4.68. The first-order chi connectivity index (χ1) is 11.5. The van der Waals surface area contributed by atoms with Gasteiger partial charge in [0.25, 0.3) is 5.91 Å². The highest BCUT2D eigenvalue weighted by molar-refractivity contribution is 5.97. The predicted molar refractivity (Wildman–Crippen MR) is 91.8 cm³/mol. The number of aryl methyl sites for hydroxylation is 3. The monoisotopic (exact) mass is 323 g/mol. The number of imidazole rings is 2. The van der Waals surface area contributed by atoms with Crippen LogP contribution in [0, 0.1) is 13.8 Å². The Morgan fingerprint density at radius 2 is 2.12 bits per heavy atom. The van der Waals surface area contributed by atoms with Gasteiger partial charge in [-0.3, -0.25) is 4.79 Å². The average Bonchev–Trinajstić information content (AvgIpc) is 3.22. The van der Waals surface area contributed by atoms with Crippen molar-refractivity contribution in [2.75, 3.05) is 6.54 Å². The van der Waals surface area contributed by atoms with Gasteiger partial charge < -0.3 is 14.5 Å². The summed E-state index contributed by atoms with van der Waals surface area (Å²) in [5.41, 5.74) is 3.48. The van der Waals surface area contributed by atoms with Crippen LogP contribution in [0.5, 0.6) is 0 Å². The molecule has 3 heterocycles. The number of fused-ring (bicyclic) bond motifs is 1. The molecule has 1 aromatic carbocycles. The fraction of sp³-hybridized carbons (Fsp3) is 0.389. The van der Waals surface area contributed by atoms with E-state index in [-0.39, 0.29) is 11.9 Å². The molecule has 2 aromatic heterocycles. The number of aromatic amines is 1. The lowest BCUT2D eigenvalue weighted by molar-refractivity contribution is 0.0728. The van der Waals surface area contributed by atoms with E-state index in [0.717, 1.165) is 47.8 Å². The van der Waals surface area contributed by atoms with Crippen LogP contribution in [-0.2, 0) is 7.05 Å². The predicted octanol–water partition coefficient (Wildman–Crippen LogP) is 2.89. The molecular weight excluding hydrogens is 302 g/mol. The van der Waals surface area contributed by atoms with Gasteiger partial charge in [0.05, 0.1) is 22.8 Å². The minimum atomic E-state index is 0.0513. The topological polar surface area (TPSA) is 66.8 Å². The number of carbonyl (C=O) groups is 1. The molecule has 1 aliphatic heterocycles. The van der Waals surface area contributed by atoms with Gasteiger partial charge in [-0.2, -0.15) is 0 Å². The molecule has 1 aliphatic rings. The minimum absolute atomic E-state index is 0.0513. The molecule has 6 heteroatoms. The number of aromatic nitrogens is 4. The van der Waals surface area contributed by atoms with Crippen LogP contribution in [-0.4, -0.2) is 36.9 Å². The molecule has 6 nitrogen and oxygen atoms in total. The molecule has 3 aromatic rings. The van der Waals surface area contributed by atoms with E-state index in [1.54, 1.807) is 0 Å². The van der Waals surface area contributed by atoms with E-state index < -0.39 is 0 Å². The number of hydrogen-bond donors (Lipinski definition) is 1. The normalized spacial score (nSPS) is 17.8. The second kappa shape index (κ2) is 5.47. The maximum Gasteiger partial charge on any atom is 0.254 e. The molecule has 1 atom stereocenters. The number of nitrogens with one attached hydrogen (secondary N) is 1. The van der Waals surface area contributed by atoms with Gasteiger partial charge in [-0.15, -0.1) is 0 Å². The van der Waals surface area contributed by atoms with Crippen molar-refractivity contribution in [3.63, 3.8) is 0 Å². The van der Waals surface area contributed by atoms with Crippen LogP contribution in [0.4, 0.5) is 0 Å². The van der Waals surface area contributed by atoms with E-state index in [2.05, 4.69) is 15.0 Å². The Labute approximate surface area is 140 Å². The third-order valence-electron chi connectivity index (χ3n) is 4.69. The number of hydrogen-bond acceptors (Lipinski definition) is 3. The quantitative estimate of drug-likeness (QED) is 0.788. The van der Waals surface area contributed by atoms with Gasteiger partial charge in [0, 0.05) is 25.4 Å². The summed E-state index contributed by atoms with van der Waals surface area (Å²) in [6.07, 6.45) is 3.98. The second-order valence-corrected chi connectivity index (χ2v) is 6.56. The van der Waals surface area contributed by atoms with Gasteiger partial charge in [-0.05, 0) is 44.9 Å². The van der Waals surface area contributed by atoms with Crippen LogP contribution in [0.15, 0.2) is 24.4 Å². The molecule has 1 saturated heterocycles. The van der Waals surface area contributed by atoms with E-state index in [4.69, 9.17) is 0 Å². The lowest BCUT2D eigenvalue weighted by atomic mass is 10.1. The van der Waals surface area contributed by atoms with E-state index in [0.29, 0.717) is 5.56 Å². The molecular formula is C18H21N5O. The van der Waals surface area contributed by atoms with Crippen LogP contribution in [0.2, 0.25) is 0 Å². The fourth-order valence-electron chi connectivity index (χ4n) is 3.66. The third-order valence-corrected chi connectivity index (χ3v) is 4.69. The molecule has 0 saturated carbocycles. The van der Waals surface area contributed by atoms with Gasteiger partial charge in [0.1, 0.15) is 11.6 Å². The van der Waals surface area contributed by atoms with Gasteiger partial charge in [0.2, 0.25) is 0 Å². The summed E-state index contributed by atoms with van der Waals surface area (Å²) in [6, 6.07) is 5.72. The van der Waals surface area contributed by atoms with Crippen molar-refractivity contribution in [1.82, 2.24) is 24.4 Å². The maximum absolute atomic E-state index is 13.1. The number of rotatable bonds is 2. The summed E-state index contributed by atoms with van der Waals surface area (Å²) < 4.78 is 2.03. The van der Waals surface area contributed by atoms with Crippen LogP contribution in [0.1, 0.15) is 46.6 Å². The summed E-state index contributed by atoms with van der Waals surface area (Å²) in [4.78, 5) is 27.2. The molecule has 1 fully saturated rings. The molecule has 4 rings (SSSR count). The van der Waals surface area contributed by atoms with E-state index in [1.165, 1.54) is 0 Å². The summed E-state index contributed by atoms with van der Waals surface area (Å²) in [7, 11) is 2.00. The van der Waals surface area contributed by atoms with Gasteiger partial charge in [-0.25, -0.2) is 9.97 Å². The molecule has 24 heavy (non-hydrogen) atoms. The summed E-state index contributed by atoms with van der Waals surface area (Å²) >= 11 is 0. The lowest BCUT2D eigenvalue weighted by Gasteiger charge is -2.24. The second-order valence-electron chi connectivity index (χ2n) is 6.56. The first kappa shape index (κ1) is 14.9. The molecule has 0 unspecified atom stereocenters. The van der Waals surface area contributed by atoms with Crippen molar-refractivity contribution in [3.05, 3.63) is 47.3 Å². The molecule has 1 amide bonds. The average molecular weight is 323 g/mol. The molecule has 0 spiro atoms. The van der Waals surface area contributed by atoms with Crippen LogP contribution in [0.3, 0.4) is 0 Å². The Morgan fingerprint density at radius 1 is 1.29 bits per heavy atom. The third kappa shape index (κ3) is 2.38. The number of nitrogens with zero attached hydrogens (tertiary/aromatic N) is 4. The Bertz CT molecular complexity index is 923. The van der Waals surface area contributed by atoms with Crippen molar-refractivity contribution in [1.29, 1.82) is 0 Å². The standard InChI is InChI=1S/C18H21N5O/c1-11-10-22(3)17(19-11)16-5-4-8-23(16)18(24)13-6-7-14-15(9-13)21-12(2)20-14/h6-7,9-10,16H,4-5,8H2,1-3H3,(H,20,21)/t16-/m1/s1. The van der Waals surface area contributed by atoms with Crippen molar-refractivity contribution in [2.45, 2.75) is 32.7 Å². The Morgan fingerprint density at radius 3 is 2.88 bits per heavy atom. The number of amides is 1. The number of carbonyl (C=O) groups excluding carboxylic acids is 1. The van der Waals surface area contributed by atoms with Crippen molar-refractivity contribution >= 4 is 16.9 Å². The molecule has 1 N–H and O–H groups in total. The number of H-pyrrole nitrogens is 1. The van der Waals surface area contributed by atoms with Crippen molar-refractivity contribution in [2.24, 2.45) is 7.05 Å². The van der Waals surface area contributed by atoms with Gasteiger partial charge >= 0.3 is 0 Å². The largest absolute Gasteiger partial charge is 0.342 e. The number of benzene rings is 1. The Hall–Kier alpha value is -2.63. The van der Waals surface area contributed by atoms with Gasteiger partial charge in [-0.1, -0.05) is 0 Å².